The summed E-state index contributed by atoms with van der Waals surface area (Å²) in [6.07, 6.45) is 0. The van der Waals surface area contributed by atoms with E-state index in [1.807, 2.05) is 50.2 Å². The Bertz CT molecular complexity index is 1010. The molecular weight excluding hydrogens is 339 g/mol. The van der Waals surface area contributed by atoms with Gasteiger partial charge in [-0.05, 0) is 61.4 Å². The molecule has 2 heterocycles. The van der Waals surface area contributed by atoms with Crippen LogP contribution in [-0.2, 0) is 0 Å². The highest BCUT2D eigenvalue weighted by molar-refractivity contribution is 6.36. The molecule has 2 aromatic carbocycles. The van der Waals surface area contributed by atoms with Gasteiger partial charge in [0.1, 0.15) is 0 Å². The molecule has 0 N–H and O–H groups in total. The molecule has 0 fully saturated rings. The normalized spacial score (nSPS) is 11.3. The van der Waals surface area contributed by atoms with E-state index < -0.39 is 0 Å². The Labute approximate surface area is 150 Å². The van der Waals surface area contributed by atoms with Crippen LogP contribution >= 0.6 is 23.2 Å². The third-order valence-electron chi connectivity index (χ3n) is 4.10. The van der Waals surface area contributed by atoms with Gasteiger partial charge in [0, 0.05) is 22.2 Å². The molecule has 0 amide bonds. The first kappa shape index (κ1) is 15.4. The van der Waals surface area contributed by atoms with Gasteiger partial charge in [-0.1, -0.05) is 35.3 Å². The summed E-state index contributed by atoms with van der Waals surface area (Å²) in [5, 5.41) is 3.32. The minimum Gasteiger partial charge on any atom is -0.252 e. The molecule has 0 aliphatic heterocycles. The number of hydrogen-bond acceptors (Lipinski definition) is 2. The Hall–Kier alpha value is -2.16. The van der Waals surface area contributed by atoms with Crippen LogP contribution in [0.15, 0.2) is 48.5 Å². The molecular formula is C20H14Cl2N2. The number of pyridine rings is 2. The average Bonchev–Trinajstić information content (AvgIpc) is 2.56. The number of benzene rings is 2. The van der Waals surface area contributed by atoms with Crippen LogP contribution in [0.4, 0.5) is 0 Å². The van der Waals surface area contributed by atoms with E-state index in [9.17, 15) is 0 Å². The van der Waals surface area contributed by atoms with Gasteiger partial charge in [-0.3, -0.25) is 9.97 Å². The molecule has 2 aromatic heterocycles. The molecule has 0 saturated heterocycles. The van der Waals surface area contributed by atoms with Crippen LogP contribution in [0.3, 0.4) is 0 Å². The highest BCUT2D eigenvalue weighted by atomic mass is 35.5. The lowest BCUT2D eigenvalue weighted by Crippen LogP contribution is -1.88. The lowest BCUT2D eigenvalue weighted by Gasteiger charge is -2.09. The predicted molar refractivity (Wildman–Crippen MR) is 102 cm³/mol. The van der Waals surface area contributed by atoms with Crippen molar-refractivity contribution in [3.8, 4) is 11.1 Å². The molecule has 4 aromatic rings. The van der Waals surface area contributed by atoms with Gasteiger partial charge in [0.25, 0.3) is 0 Å². The Morgan fingerprint density at radius 2 is 1.04 bits per heavy atom. The van der Waals surface area contributed by atoms with Crippen molar-refractivity contribution in [3.05, 3.63) is 70.0 Å². The van der Waals surface area contributed by atoms with Crippen LogP contribution in [0.25, 0.3) is 32.9 Å². The number of hydrogen-bond donors (Lipinski definition) is 0. The van der Waals surface area contributed by atoms with Gasteiger partial charge in [-0.2, -0.15) is 0 Å². The summed E-state index contributed by atoms with van der Waals surface area (Å²) < 4.78 is 0. The van der Waals surface area contributed by atoms with E-state index in [0.29, 0.717) is 10.0 Å². The van der Waals surface area contributed by atoms with E-state index >= 15 is 0 Å². The molecule has 0 spiro atoms. The summed E-state index contributed by atoms with van der Waals surface area (Å²) in [7, 11) is 0. The van der Waals surface area contributed by atoms with Crippen LogP contribution < -0.4 is 0 Å². The van der Waals surface area contributed by atoms with Crippen LogP contribution in [-0.4, -0.2) is 9.97 Å². The van der Waals surface area contributed by atoms with Gasteiger partial charge in [-0.25, -0.2) is 0 Å². The van der Waals surface area contributed by atoms with Gasteiger partial charge in [0.15, 0.2) is 0 Å². The topological polar surface area (TPSA) is 25.8 Å². The average molecular weight is 353 g/mol. The zero-order chi connectivity index (χ0) is 16.8. The monoisotopic (exact) mass is 352 g/mol. The summed E-state index contributed by atoms with van der Waals surface area (Å²) in [5.41, 5.74) is 5.58. The molecule has 0 aliphatic rings. The largest absolute Gasteiger partial charge is 0.252 e. The van der Waals surface area contributed by atoms with E-state index in [4.69, 9.17) is 23.2 Å². The second-order valence-electron chi connectivity index (χ2n) is 5.96. The zero-order valence-corrected chi connectivity index (χ0v) is 14.8. The first-order valence-electron chi connectivity index (χ1n) is 7.65. The molecule has 24 heavy (non-hydrogen) atoms. The van der Waals surface area contributed by atoms with Crippen molar-refractivity contribution in [2.75, 3.05) is 0 Å². The van der Waals surface area contributed by atoms with Gasteiger partial charge in [-0.15, -0.1) is 0 Å². The molecule has 4 heteroatoms. The van der Waals surface area contributed by atoms with E-state index in [1.165, 1.54) is 0 Å². The molecule has 4 rings (SSSR count). The molecule has 0 saturated carbocycles. The molecule has 0 atom stereocenters. The lowest BCUT2D eigenvalue weighted by molar-refractivity contribution is 1.25. The fourth-order valence-corrected chi connectivity index (χ4v) is 3.45. The smallest absolute Gasteiger partial charge is 0.0891 e. The first-order valence-corrected chi connectivity index (χ1v) is 8.41. The number of halogens is 2. The van der Waals surface area contributed by atoms with E-state index in [0.717, 1.165) is 44.3 Å². The maximum atomic E-state index is 6.46. The number of aromatic nitrogens is 2. The van der Waals surface area contributed by atoms with Gasteiger partial charge < -0.3 is 0 Å². The van der Waals surface area contributed by atoms with Crippen LogP contribution in [0, 0.1) is 13.8 Å². The quantitative estimate of drug-likeness (QED) is 0.397. The molecule has 0 aliphatic carbocycles. The van der Waals surface area contributed by atoms with Crippen molar-refractivity contribution >= 4 is 45.0 Å². The second-order valence-corrected chi connectivity index (χ2v) is 6.78. The van der Waals surface area contributed by atoms with Crippen molar-refractivity contribution in [1.29, 1.82) is 0 Å². The Kier molecular flexibility index (Phi) is 3.67. The highest BCUT2D eigenvalue weighted by Crippen LogP contribution is 2.34. The van der Waals surface area contributed by atoms with Gasteiger partial charge in [0.2, 0.25) is 0 Å². The maximum absolute atomic E-state index is 6.46. The standard InChI is InChI=1S/C20H14Cl2N2/c1-11-3-5-13-7-15(9-17(21)19(13)23-11)16-8-14-6-4-12(2)24-20(14)18(22)10-16/h3-10H,1-2H3. The maximum Gasteiger partial charge on any atom is 0.0891 e. The summed E-state index contributed by atoms with van der Waals surface area (Å²) in [6, 6.07) is 16.1. The third kappa shape index (κ3) is 2.62. The molecule has 0 radical (unpaired) electrons. The lowest BCUT2D eigenvalue weighted by atomic mass is 10.0. The molecule has 0 bridgehead atoms. The molecule has 118 valence electrons. The van der Waals surface area contributed by atoms with Crippen molar-refractivity contribution in [3.63, 3.8) is 0 Å². The minimum atomic E-state index is 0.643. The molecule has 2 nitrogen and oxygen atoms in total. The van der Waals surface area contributed by atoms with Gasteiger partial charge in [0.05, 0.1) is 21.1 Å². The van der Waals surface area contributed by atoms with Crippen molar-refractivity contribution in [1.82, 2.24) is 9.97 Å². The minimum absolute atomic E-state index is 0.643. The van der Waals surface area contributed by atoms with Crippen molar-refractivity contribution < 1.29 is 0 Å². The number of rotatable bonds is 1. The van der Waals surface area contributed by atoms with E-state index in [-0.39, 0.29) is 0 Å². The zero-order valence-electron chi connectivity index (χ0n) is 13.3. The number of aryl methyl sites for hydroxylation is 2. The predicted octanol–water partition coefficient (Wildman–Crippen LogP) is 6.37. The highest BCUT2D eigenvalue weighted by Gasteiger charge is 2.09. The molecule has 0 unspecified atom stereocenters. The summed E-state index contributed by atoms with van der Waals surface area (Å²) in [6.45, 7) is 3.92. The number of fused-ring (bicyclic) bond motifs is 2. The fraction of sp³-hybridized carbons (Fsp3) is 0.100. The SMILES string of the molecule is Cc1ccc2cc(-c3cc(Cl)c4nc(C)ccc4c3)cc(Cl)c2n1. The van der Waals surface area contributed by atoms with Crippen molar-refractivity contribution in [2.45, 2.75) is 13.8 Å². The van der Waals surface area contributed by atoms with E-state index in [1.54, 1.807) is 0 Å². The van der Waals surface area contributed by atoms with Crippen LogP contribution in [0.5, 0.6) is 0 Å². The van der Waals surface area contributed by atoms with Crippen LogP contribution in [0.2, 0.25) is 10.0 Å². The van der Waals surface area contributed by atoms with Crippen molar-refractivity contribution in [2.24, 2.45) is 0 Å². The Morgan fingerprint density at radius 1 is 0.625 bits per heavy atom. The summed E-state index contributed by atoms with van der Waals surface area (Å²) in [4.78, 5) is 9.04. The Balaban J connectivity index is 1.95. The fourth-order valence-electron chi connectivity index (χ4n) is 2.91. The summed E-state index contributed by atoms with van der Waals surface area (Å²) >= 11 is 12.9. The van der Waals surface area contributed by atoms with E-state index in [2.05, 4.69) is 22.1 Å². The Morgan fingerprint density at radius 3 is 1.46 bits per heavy atom. The third-order valence-corrected chi connectivity index (χ3v) is 4.68. The summed E-state index contributed by atoms with van der Waals surface area (Å²) in [5.74, 6) is 0. The van der Waals surface area contributed by atoms with Gasteiger partial charge >= 0.3 is 0 Å². The second kappa shape index (κ2) is 5.73. The number of nitrogens with zero attached hydrogens (tertiary/aromatic N) is 2. The van der Waals surface area contributed by atoms with Crippen LogP contribution in [0.1, 0.15) is 11.4 Å². The first-order chi connectivity index (χ1) is 11.5.